The molecule has 0 unspecified atom stereocenters. The first-order chi connectivity index (χ1) is 11.7. The van der Waals surface area contributed by atoms with Crippen molar-refractivity contribution in [2.75, 3.05) is 0 Å². The van der Waals surface area contributed by atoms with Gasteiger partial charge in [-0.05, 0) is 47.9 Å². The summed E-state index contributed by atoms with van der Waals surface area (Å²) in [4.78, 5) is 15.6. The van der Waals surface area contributed by atoms with Crippen LogP contribution in [0.2, 0.25) is 0 Å². The maximum atomic E-state index is 11.0. The van der Waals surface area contributed by atoms with Crippen LogP contribution in [0, 0.1) is 11.3 Å². The molecule has 3 rings (SSSR count). The van der Waals surface area contributed by atoms with Crippen LogP contribution in [0.4, 0.5) is 0 Å². The number of aromatic nitrogens is 1. The van der Waals surface area contributed by atoms with Crippen LogP contribution in [-0.2, 0) is 4.79 Å². The molecule has 0 aliphatic heterocycles. The smallest absolute Gasteiger partial charge is 0.303 e. The van der Waals surface area contributed by atoms with E-state index >= 15 is 0 Å². The first-order valence-corrected chi connectivity index (χ1v) is 8.26. The van der Waals surface area contributed by atoms with E-state index in [0.29, 0.717) is 12.0 Å². The van der Waals surface area contributed by atoms with Gasteiger partial charge in [0.2, 0.25) is 0 Å². The van der Waals surface area contributed by atoms with E-state index in [1.165, 1.54) is 0 Å². The minimum absolute atomic E-state index is 0.0536. The maximum absolute atomic E-state index is 11.0. The number of fused-ring (bicyclic) bond motifs is 1. The highest BCUT2D eigenvalue weighted by molar-refractivity contribution is 7.19. The van der Waals surface area contributed by atoms with Crippen LogP contribution in [0.15, 0.2) is 48.5 Å². The molecule has 0 fully saturated rings. The molecule has 0 bridgehead atoms. The van der Waals surface area contributed by atoms with Crippen molar-refractivity contribution in [3.8, 4) is 6.07 Å². The first kappa shape index (κ1) is 15.9. The van der Waals surface area contributed by atoms with Gasteiger partial charge in [-0.15, -0.1) is 11.3 Å². The minimum atomic E-state index is -0.832. The van der Waals surface area contributed by atoms with Crippen molar-refractivity contribution in [3.05, 3.63) is 64.7 Å². The van der Waals surface area contributed by atoms with E-state index in [-0.39, 0.29) is 6.42 Å². The molecule has 4 nitrogen and oxygen atoms in total. The van der Waals surface area contributed by atoms with Crippen LogP contribution in [0.1, 0.15) is 29.0 Å². The average molecular weight is 334 g/mol. The van der Waals surface area contributed by atoms with E-state index < -0.39 is 5.97 Å². The summed E-state index contributed by atoms with van der Waals surface area (Å²) in [6, 6.07) is 17.2. The molecule has 0 atom stereocenters. The van der Waals surface area contributed by atoms with Crippen molar-refractivity contribution in [3.63, 3.8) is 0 Å². The SMILES string of the molecule is N#Cc1ccc(C=C(CCC(=O)O)c2nc3ccccc3s2)cc1. The Hall–Kier alpha value is -2.97. The second-order valence-electron chi connectivity index (χ2n) is 5.28. The second kappa shape index (κ2) is 7.07. The van der Waals surface area contributed by atoms with Crippen LogP contribution < -0.4 is 0 Å². The number of nitriles is 1. The predicted octanol–water partition coefficient (Wildman–Crippen LogP) is 4.57. The Morgan fingerprint density at radius 3 is 2.58 bits per heavy atom. The van der Waals surface area contributed by atoms with Gasteiger partial charge in [0.15, 0.2) is 0 Å². The number of carbonyl (C=O) groups is 1. The van der Waals surface area contributed by atoms with Gasteiger partial charge in [0.1, 0.15) is 5.01 Å². The summed E-state index contributed by atoms with van der Waals surface area (Å²) < 4.78 is 1.08. The van der Waals surface area contributed by atoms with Crippen LogP contribution >= 0.6 is 11.3 Å². The molecule has 0 spiro atoms. The maximum Gasteiger partial charge on any atom is 0.303 e. The Kier molecular flexibility index (Phi) is 4.69. The molecular weight excluding hydrogens is 320 g/mol. The summed E-state index contributed by atoms with van der Waals surface area (Å²) in [5, 5.41) is 18.7. The average Bonchev–Trinajstić information content (AvgIpc) is 3.03. The lowest BCUT2D eigenvalue weighted by Crippen LogP contribution is -1.95. The molecule has 0 saturated heterocycles. The monoisotopic (exact) mass is 334 g/mol. The van der Waals surface area contributed by atoms with Gasteiger partial charge in [-0.2, -0.15) is 5.26 Å². The molecule has 1 aromatic heterocycles. The number of para-hydroxylation sites is 1. The number of hydrogen-bond acceptors (Lipinski definition) is 4. The first-order valence-electron chi connectivity index (χ1n) is 7.44. The summed E-state index contributed by atoms with van der Waals surface area (Å²) in [7, 11) is 0. The molecule has 3 aromatic rings. The largest absolute Gasteiger partial charge is 0.481 e. The van der Waals surface area contributed by atoms with Gasteiger partial charge in [0.25, 0.3) is 0 Å². The number of benzene rings is 2. The fraction of sp³-hybridized carbons (Fsp3) is 0.105. The van der Waals surface area contributed by atoms with Crippen molar-refractivity contribution in [1.82, 2.24) is 4.98 Å². The summed E-state index contributed by atoms with van der Waals surface area (Å²) in [5.41, 5.74) is 3.33. The highest BCUT2D eigenvalue weighted by atomic mass is 32.1. The Morgan fingerprint density at radius 1 is 1.17 bits per heavy atom. The zero-order valence-electron chi connectivity index (χ0n) is 12.8. The predicted molar refractivity (Wildman–Crippen MR) is 95.5 cm³/mol. The molecule has 24 heavy (non-hydrogen) atoms. The van der Waals surface area contributed by atoms with Crippen molar-refractivity contribution in [1.29, 1.82) is 5.26 Å². The molecule has 1 N–H and O–H groups in total. The van der Waals surface area contributed by atoms with Gasteiger partial charge in [-0.25, -0.2) is 4.98 Å². The fourth-order valence-corrected chi connectivity index (χ4v) is 3.36. The van der Waals surface area contributed by atoms with E-state index in [0.717, 1.165) is 26.4 Å². The topological polar surface area (TPSA) is 74.0 Å². The Labute approximate surface area is 143 Å². The summed E-state index contributed by atoms with van der Waals surface area (Å²) in [5.74, 6) is -0.832. The van der Waals surface area contributed by atoms with Crippen molar-refractivity contribution >= 4 is 39.2 Å². The third kappa shape index (κ3) is 3.67. The van der Waals surface area contributed by atoms with Crippen LogP contribution in [0.25, 0.3) is 21.9 Å². The quantitative estimate of drug-likeness (QED) is 0.741. The van der Waals surface area contributed by atoms with Crippen molar-refractivity contribution < 1.29 is 9.90 Å². The summed E-state index contributed by atoms with van der Waals surface area (Å²) in [6.45, 7) is 0. The number of carboxylic acids is 1. The number of thiazole rings is 1. The van der Waals surface area contributed by atoms with E-state index in [2.05, 4.69) is 11.1 Å². The molecule has 0 amide bonds. The Morgan fingerprint density at radius 2 is 1.92 bits per heavy atom. The molecule has 0 saturated carbocycles. The molecule has 0 radical (unpaired) electrons. The van der Waals surface area contributed by atoms with E-state index in [1.807, 2.05) is 42.5 Å². The molecule has 1 heterocycles. The van der Waals surface area contributed by atoms with Gasteiger partial charge < -0.3 is 5.11 Å². The molecule has 5 heteroatoms. The van der Waals surface area contributed by atoms with Gasteiger partial charge in [0, 0.05) is 6.42 Å². The normalized spacial score (nSPS) is 11.4. The van der Waals surface area contributed by atoms with E-state index in [4.69, 9.17) is 10.4 Å². The highest BCUT2D eigenvalue weighted by Crippen LogP contribution is 2.31. The van der Waals surface area contributed by atoms with Gasteiger partial charge >= 0.3 is 5.97 Å². The lowest BCUT2D eigenvalue weighted by molar-refractivity contribution is -0.136. The number of aliphatic carboxylic acids is 1. The van der Waals surface area contributed by atoms with Gasteiger partial charge in [0.05, 0.1) is 21.8 Å². The minimum Gasteiger partial charge on any atom is -0.481 e. The van der Waals surface area contributed by atoms with E-state index in [1.54, 1.807) is 23.5 Å². The zero-order chi connectivity index (χ0) is 16.9. The summed E-state index contributed by atoms with van der Waals surface area (Å²) in [6.07, 6.45) is 2.41. The van der Waals surface area contributed by atoms with Crippen molar-refractivity contribution in [2.24, 2.45) is 0 Å². The zero-order valence-corrected chi connectivity index (χ0v) is 13.6. The Balaban J connectivity index is 1.99. The molecule has 0 aliphatic carbocycles. The standard InChI is InChI=1S/C19H14N2O2S/c20-12-14-7-5-13(6-8-14)11-15(9-10-18(22)23)19-21-16-3-1-2-4-17(16)24-19/h1-8,11H,9-10H2,(H,22,23). The fourth-order valence-electron chi connectivity index (χ4n) is 2.35. The number of rotatable bonds is 5. The molecular formula is C19H14N2O2S. The lowest BCUT2D eigenvalue weighted by atomic mass is 10.1. The lowest BCUT2D eigenvalue weighted by Gasteiger charge is -2.03. The molecule has 118 valence electrons. The van der Waals surface area contributed by atoms with Crippen LogP contribution in [0.3, 0.4) is 0 Å². The van der Waals surface area contributed by atoms with E-state index in [9.17, 15) is 4.79 Å². The second-order valence-corrected chi connectivity index (χ2v) is 6.31. The number of nitrogens with zero attached hydrogens (tertiary/aromatic N) is 2. The summed E-state index contributed by atoms with van der Waals surface area (Å²) >= 11 is 1.56. The number of allylic oxidation sites excluding steroid dienone is 1. The molecule has 2 aromatic carbocycles. The number of carboxylic acid groups (broad SMARTS) is 1. The van der Waals surface area contributed by atoms with Gasteiger partial charge in [-0.1, -0.05) is 24.3 Å². The van der Waals surface area contributed by atoms with Crippen molar-refractivity contribution in [2.45, 2.75) is 12.8 Å². The Bertz CT molecular complexity index is 916. The number of hydrogen-bond donors (Lipinski definition) is 1. The van der Waals surface area contributed by atoms with Crippen LogP contribution in [0.5, 0.6) is 0 Å². The third-order valence-corrected chi connectivity index (χ3v) is 4.67. The van der Waals surface area contributed by atoms with Crippen LogP contribution in [-0.4, -0.2) is 16.1 Å². The highest BCUT2D eigenvalue weighted by Gasteiger charge is 2.11. The van der Waals surface area contributed by atoms with Gasteiger partial charge in [-0.3, -0.25) is 4.79 Å². The molecule has 0 aliphatic rings. The third-order valence-electron chi connectivity index (χ3n) is 3.56.